The molecule has 0 spiro atoms. The van der Waals surface area contributed by atoms with Crippen molar-refractivity contribution in [1.29, 1.82) is 0 Å². The van der Waals surface area contributed by atoms with Crippen LogP contribution in [0, 0.1) is 0 Å². The van der Waals surface area contributed by atoms with Crippen molar-refractivity contribution in [3.63, 3.8) is 0 Å². The SMILES string of the molecule is O=C1C(=Cc2cccc(OCc3ccccc3)c2)C(=O)c2ccccc21. The van der Waals surface area contributed by atoms with Gasteiger partial charge in [0, 0.05) is 11.1 Å². The van der Waals surface area contributed by atoms with Crippen LogP contribution >= 0.6 is 0 Å². The van der Waals surface area contributed by atoms with Gasteiger partial charge in [-0.2, -0.15) is 0 Å². The molecule has 0 saturated heterocycles. The molecule has 0 bridgehead atoms. The number of benzene rings is 3. The van der Waals surface area contributed by atoms with E-state index in [2.05, 4.69) is 0 Å². The first-order valence-corrected chi connectivity index (χ1v) is 8.39. The zero-order chi connectivity index (χ0) is 17.9. The third-order valence-corrected chi connectivity index (χ3v) is 4.32. The van der Waals surface area contributed by atoms with Crippen LogP contribution in [0.2, 0.25) is 0 Å². The van der Waals surface area contributed by atoms with Crippen molar-refractivity contribution < 1.29 is 14.3 Å². The van der Waals surface area contributed by atoms with Gasteiger partial charge in [-0.25, -0.2) is 0 Å². The molecule has 0 atom stereocenters. The molecule has 0 saturated carbocycles. The van der Waals surface area contributed by atoms with Gasteiger partial charge in [0.2, 0.25) is 0 Å². The Morgan fingerprint density at radius 2 is 1.38 bits per heavy atom. The molecule has 4 rings (SSSR count). The van der Waals surface area contributed by atoms with Gasteiger partial charge in [0.05, 0.1) is 5.57 Å². The summed E-state index contributed by atoms with van der Waals surface area (Å²) in [7, 11) is 0. The maximum atomic E-state index is 12.5. The van der Waals surface area contributed by atoms with Gasteiger partial charge in [0.1, 0.15) is 12.4 Å². The molecular formula is C23H16O3. The van der Waals surface area contributed by atoms with E-state index in [1.165, 1.54) is 0 Å². The van der Waals surface area contributed by atoms with Crippen LogP contribution in [0.1, 0.15) is 31.8 Å². The summed E-state index contributed by atoms with van der Waals surface area (Å²) in [6, 6.07) is 24.2. The minimum absolute atomic E-state index is 0.200. The van der Waals surface area contributed by atoms with Gasteiger partial charge in [0.15, 0.2) is 11.6 Å². The molecule has 0 aromatic heterocycles. The predicted octanol–water partition coefficient (Wildman–Crippen LogP) is 4.73. The van der Waals surface area contributed by atoms with Crippen LogP contribution in [0.4, 0.5) is 0 Å². The molecule has 0 heterocycles. The van der Waals surface area contributed by atoms with E-state index in [0.29, 0.717) is 23.5 Å². The van der Waals surface area contributed by atoms with Gasteiger partial charge in [-0.1, -0.05) is 66.7 Å². The van der Waals surface area contributed by atoms with Gasteiger partial charge in [-0.05, 0) is 29.3 Å². The fraction of sp³-hybridized carbons (Fsp3) is 0.0435. The Bertz CT molecular complexity index is 979. The molecule has 1 aliphatic carbocycles. The first kappa shape index (κ1) is 16.0. The summed E-state index contributed by atoms with van der Waals surface area (Å²) in [4.78, 5) is 25.0. The highest BCUT2D eigenvalue weighted by Crippen LogP contribution is 2.28. The Morgan fingerprint density at radius 1 is 0.731 bits per heavy atom. The van der Waals surface area contributed by atoms with Crippen molar-refractivity contribution in [3.05, 3.63) is 107 Å². The van der Waals surface area contributed by atoms with Crippen LogP contribution in [0.5, 0.6) is 5.75 Å². The first-order chi connectivity index (χ1) is 12.7. The average molecular weight is 340 g/mol. The third-order valence-electron chi connectivity index (χ3n) is 4.32. The summed E-state index contributed by atoms with van der Waals surface area (Å²) in [5.74, 6) is 0.251. The molecule has 0 N–H and O–H groups in total. The number of hydrogen-bond acceptors (Lipinski definition) is 3. The van der Waals surface area contributed by atoms with Gasteiger partial charge < -0.3 is 4.74 Å². The molecule has 3 aromatic carbocycles. The Labute approximate surface area is 151 Å². The molecule has 3 heteroatoms. The topological polar surface area (TPSA) is 43.4 Å². The lowest BCUT2D eigenvalue weighted by Crippen LogP contribution is -2.00. The van der Waals surface area contributed by atoms with Crippen LogP contribution < -0.4 is 4.74 Å². The molecule has 0 aliphatic heterocycles. The summed E-state index contributed by atoms with van der Waals surface area (Å²) in [5, 5.41) is 0. The maximum Gasteiger partial charge on any atom is 0.197 e. The lowest BCUT2D eigenvalue weighted by Gasteiger charge is -2.07. The molecule has 0 unspecified atom stereocenters. The van der Waals surface area contributed by atoms with Gasteiger partial charge in [-0.3, -0.25) is 9.59 Å². The highest BCUT2D eigenvalue weighted by atomic mass is 16.5. The minimum atomic E-state index is -0.221. The Morgan fingerprint density at radius 3 is 2.08 bits per heavy atom. The van der Waals surface area contributed by atoms with E-state index in [-0.39, 0.29) is 17.1 Å². The second-order valence-corrected chi connectivity index (χ2v) is 6.11. The van der Waals surface area contributed by atoms with Crippen molar-refractivity contribution in [2.45, 2.75) is 6.61 Å². The zero-order valence-corrected chi connectivity index (χ0v) is 14.0. The molecule has 1 aliphatic rings. The van der Waals surface area contributed by atoms with E-state index in [9.17, 15) is 9.59 Å². The summed E-state index contributed by atoms with van der Waals surface area (Å²) >= 11 is 0. The average Bonchev–Trinajstić information content (AvgIpc) is 2.93. The van der Waals surface area contributed by atoms with Crippen LogP contribution in [-0.4, -0.2) is 11.6 Å². The van der Waals surface area contributed by atoms with Crippen LogP contribution in [0.25, 0.3) is 6.08 Å². The van der Waals surface area contributed by atoms with Crippen molar-refractivity contribution in [3.8, 4) is 5.75 Å². The van der Waals surface area contributed by atoms with Crippen molar-refractivity contribution in [1.82, 2.24) is 0 Å². The summed E-state index contributed by atoms with van der Waals surface area (Å²) in [5.41, 5.74) is 2.99. The maximum absolute atomic E-state index is 12.5. The molecule has 0 fully saturated rings. The molecular weight excluding hydrogens is 324 g/mol. The summed E-state index contributed by atoms with van der Waals surface area (Å²) in [6.45, 7) is 0.462. The molecule has 0 amide bonds. The molecule has 0 radical (unpaired) electrons. The second kappa shape index (κ2) is 6.81. The number of fused-ring (bicyclic) bond motifs is 1. The quantitative estimate of drug-likeness (QED) is 0.509. The second-order valence-electron chi connectivity index (χ2n) is 6.11. The monoisotopic (exact) mass is 340 g/mol. The standard InChI is InChI=1S/C23H16O3/c24-22-19-11-4-5-12-20(19)23(25)21(22)14-17-9-6-10-18(13-17)26-15-16-7-2-1-3-8-16/h1-14H,15H2. The fourth-order valence-electron chi connectivity index (χ4n) is 3.01. The molecule has 3 nitrogen and oxygen atoms in total. The van der Waals surface area contributed by atoms with Crippen molar-refractivity contribution in [2.24, 2.45) is 0 Å². The van der Waals surface area contributed by atoms with Crippen LogP contribution in [-0.2, 0) is 6.61 Å². The number of hydrogen-bond donors (Lipinski definition) is 0. The number of carbonyl (C=O) groups is 2. The van der Waals surface area contributed by atoms with Crippen molar-refractivity contribution in [2.75, 3.05) is 0 Å². The number of ether oxygens (including phenoxy) is 1. The molecule has 126 valence electrons. The normalized spacial score (nSPS) is 12.8. The number of carbonyl (C=O) groups excluding carboxylic acids is 2. The van der Waals surface area contributed by atoms with Gasteiger partial charge in [0.25, 0.3) is 0 Å². The predicted molar refractivity (Wildman–Crippen MR) is 100 cm³/mol. The fourth-order valence-corrected chi connectivity index (χ4v) is 3.01. The smallest absolute Gasteiger partial charge is 0.197 e. The highest BCUT2D eigenvalue weighted by Gasteiger charge is 2.32. The Kier molecular flexibility index (Phi) is 4.20. The number of Topliss-reactive ketones (excluding diaryl/α,β-unsaturated/α-hetero) is 2. The Hall–Kier alpha value is -3.46. The third kappa shape index (κ3) is 3.07. The van der Waals surface area contributed by atoms with Gasteiger partial charge in [-0.15, -0.1) is 0 Å². The van der Waals surface area contributed by atoms with E-state index < -0.39 is 0 Å². The van der Waals surface area contributed by atoms with Crippen LogP contribution in [0.15, 0.2) is 84.4 Å². The Balaban J connectivity index is 1.57. The molecule has 26 heavy (non-hydrogen) atoms. The first-order valence-electron chi connectivity index (χ1n) is 8.39. The largest absolute Gasteiger partial charge is 0.489 e. The zero-order valence-electron chi connectivity index (χ0n) is 14.0. The summed E-state index contributed by atoms with van der Waals surface area (Å²) in [6.07, 6.45) is 1.64. The lowest BCUT2D eigenvalue weighted by atomic mass is 10.1. The van der Waals surface area contributed by atoms with Crippen LogP contribution in [0.3, 0.4) is 0 Å². The van der Waals surface area contributed by atoms with E-state index in [1.54, 1.807) is 30.3 Å². The number of rotatable bonds is 4. The minimum Gasteiger partial charge on any atom is -0.489 e. The molecule has 3 aromatic rings. The van der Waals surface area contributed by atoms with E-state index in [0.717, 1.165) is 11.1 Å². The number of ketones is 2. The van der Waals surface area contributed by atoms with E-state index in [4.69, 9.17) is 4.74 Å². The number of allylic oxidation sites excluding steroid dienone is 1. The highest BCUT2D eigenvalue weighted by molar-refractivity contribution is 6.41. The van der Waals surface area contributed by atoms with E-state index >= 15 is 0 Å². The van der Waals surface area contributed by atoms with Crippen molar-refractivity contribution >= 4 is 17.6 Å². The lowest BCUT2D eigenvalue weighted by molar-refractivity contribution is 0.0990. The van der Waals surface area contributed by atoms with Gasteiger partial charge >= 0.3 is 0 Å². The van der Waals surface area contributed by atoms with E-state index in [1.807, 2.05) is 54.6 Å². The summed E-state index contributed by atoms with van der Waals surface area (Å²) < 4.78 is 5.81.